The molecule has 0 aliphatic rings. The Labute approximate surface area is 119 Å². The predicted molar refractivity (Wildman–Crippen MR) is 70.6 cm³/mol. The van der Waals surface area contributed by atoms with Gasteiger partial charge in [0, 0.05) is 11.6 Å². The number of hydrogen-bond donors (Lipinski definition) is 2. The first-order valence-electron chi connectivity index (χ1n) is 5.71. The summed E-state index contributed by atoms with van der Waals surface area (Å²) in [6.07, 6.45) is 2.34. The fourth-order valence-corrected chi connectivity index (χ4v) is 1.51. The summed E-state index contributed by atoms with van der Waals surface area (Å²) in [5, 5.41) is 8.84. The molecule has 21 heavy (non-hydrogen) atoms. The molecule has 8 nitrogen and oxygen atoms in total. The average Bonchev–Trinajstić information content (AvgIpc) is 2.47. The largest absolute Gasteiger partial charge is 0.497 e. The number of hydrogen-bond acceptors (Lipinski definition) is 6. The molecule has 0 fully saturated rings. The second-order valence-electron chi connectivity index (χ2n) is 3.91. The Kier molecular flexibility index (Phi) is 3.98. The van der Waals surface area contributed by atoms with Crippen LogP contribution in [0.2, 0.25) is 0 Å². The number of benzene rings is 1. The van der Waals surface area contributed by atoms with E-state index in [-0.39, 0.29) is 22.9 Å². The number of carboxylic acid groups (broad SMARTS) is 1. The van der Waals surface area contributed by atoms with Crippen LogP contribution >= 0.6 is 0 Å². The SMILES string of the molecule is COc1cc(Oc2cncc(C(=O)O)n2)cc(C(N)=O)c1. The molecule has 0 spiro atoms. The third-order valence-electron chi connectivity index (χ3n) is 2.45. The van der Waals surface area contributed by atoms with Gasteiger partial charge in [-0.2, -0.15) is 0 Å². The number of aromatic nitrogens is 2. The Morgan fingerprint density at radius 2 is 1.90 bits per heavy atom. The molecule has 0 aliphatic heterocycles. The minimum Gasteiger partial charge on any atom is -0.497 e. The number of aromatic carboxylic acids is 1. The highest BCUT2D eigenvalue weighted by molar-refractivity contribution is 5.93. The number of ether oxygens (including phenoxy) is 2. The molecule has 0 aliphatic carbocycles. The summed E-state index contributed by atoms with van der Waals surface area (Å²) < 4.78 is 10.4. The van der Waals surface area contributed by atoms with Crippen LogP contribution in [0.3, 0.4) is 0 Å². The van der Waals surface area contributed by atoms with E-state index in [1.807, 2.05) is 0 Å². The van der Waals surface area contributed by atoms with Crippen molar-refractivity contribution < 1.29 is 24.2 Å². The van der Waals surface area contributed by atoms with E-state index in [9.17, 15) is 9.59 Å². The van der Waals surface area contributed by atoms with Crippen molar-refractivity contribution in [2.24, 2.45) is 5.73 Å². The molecule has 0 radical (unpaired) electrons. The van der Waals surface area contributed by atoms with Crippen molar-refractivity contribution >= 4 is 11.9 Å². The summed E-state index contributed by atoms with van der Waals surface area (Å²) in [7, 11) is 1.43. The second kappa shape index (κ2) is 5.87. The first kappa shape index (κ1) is 14.3. The summed E-state index contributed by atoms with van der Waals surface area (Å²) in [6.45, 7) is 0. The second-order valence-corrected chi connectivity index (χ2v) is 3.91. The number of nitrogens with zero attached hydrogens (tertiary/aromatic N) is 2. The van der Waals surface area contributed by atoms with Gasteiger partial charge in [-0.1, -0.05) is 0 Å². The van der Waals surface area contributed by atoms with Gasteiger partial charge in [-0.15, -0.1) is 0 Å². The van der Waals surface area contributed by atoms with Crippen molar-refractivity contribution in [3.63, 3.8) is 0 Å². The van der Waals surface area contributed by atoms with Gasteiger partial charge in [-0.25, -0.2) is 9.78 Å². The van der Waals surface area contributed by atoms with Crippen LogP contribution in [0.4, 0.5) is 0 Å². The first-order chi connectivity index (χ1) is 9.99. The van der Waals surface area contributed by atoms with E-state index in [0.29, 0.717) is 5.75 Å². The smallest absolute Gasteiger partial charge is 0.356 e. The summed E-state index contributed by atoms with van der Waals surface area (Å²) >= 11 is 0. The molecular weight excluding hydrogens is 278 g/mol. The first-order valence-corrected chi connectivity index (χ1v) is 5.71. The van der Waals surface area contributed by atoms with Crippen molar-refractivity contribution in [1.82, 2.24) is 9.97 Å². The van der Waals surface area contributed by atoms with Gasteiger partial charge >= 0.3 is 5.97 Å². The maximum atomic E-state index is 11.2. The fourth-order valence-electron chi connectivity index (χ4n) is 1.51. The van der Waals surface area contributed by atoms with Gasteiger partial charge in [0.05, 0.1) is 19.5 Å². The van der Waals surface area contributed by atoms with Crippen molar-refractivity contribution in [1.29, 1.82) is 0 Å². The molecule has 1 aromatic heterocycles. The molecule has 0 atom stereocenters. The Bertz CT molecular complexity index is 702. The standard InChI is InChI=1S/C13H11N3O5/c1-20-8-2-7(12(14)17)3-9(4-8)21-11-6-15-5-10(16-11)13(18)19/h2-6H,1H3,(H2,14,17)(H,18,19). The number of carboxylic acids is 1. The zero-order valence-electron chi connectivity index (χ0n) is 10.9. The van der Waals surface area contributed by atoms with Crippen molar-refractivity contribution in [3.8, 4) is 17.4 Å². The van der Waals surface area contributed by atoms with Crippen LogP contribution in [0.1, 0.15) is 20.8 Å². The molecule has 0 unspecified atom stereocenters. The minimum atomic E-state index is -1.23. The molecule has 2 rings (SSSR count). The highest BCUT2D eigenvalue weighted by Gasteiger charge is 2.10. The summed E-state index contributed by atoms with van der Waals surface area (Å²) in [6, 6.07) is 4.34. The van der Waals surface area contributed by atoms with Crippen molar-refractivity contribution in [3.05, 3.63) is 41.9 Å². The van der Waals surface area contributed by atoms with E-state index < -0.39 is 11.9 Å². The lowest BCUT2D eigenvalue weighted by molar-refractivity contribution is 0.0688. The molecule has 0 bridgehead atoms. The maximum Gasteiger partial charge on any atom is 0.356 e. The van der Waals surface area contributed by atoms with Crippen LogP contribution in [0, 0.1) is 0 Å². The number of methoxy groups -OCH3 is 1. The molecule has 1 aromatic carbocycles. The van der Waals surface area contributed by atoms with E-state index >= 15 is 0 Å². The van der Waals surface area contributed by atoms with E-state index in [1.165, 1.54) is 31.5 Å². The van der Waals surface area contributed by atoms with Crippen LogP contribution in [0.15, 0.2) is 30.6 Å². The van der Waals surface area contributed by atoms with Crippen LogP contribution in [0.5, 0.6) is 17.4 Å². The molecule has 0 saturated carbocycles. The normalized spacial score (nSPS) is 9.95. The summed E-state index contributed by atoms with van der Waals surface area (Å²) in [5.74, 6) is -1.32. The maximum absolute atomic E-state index is 11.2. The average molecular weight is 289 g/mol. The fraction of sp³-hybridized carbons (Fsp3) is 0.0769. The third kappa shape index (κ3) is 3.44. The Morgan fingerprint density at radius 3 is 2.52 bits per heavy atom. The van der Waals surface area contributed by atoms with E-state index in [4.69, 9.17) is 20.3 Å². The van der Waals surface area contributed by atoms with Crippen molar-refractivity contribution in [2.75, 3.05) is 7.11 Å². The molecule has 1 amide bonds. The van der Waals surface area contributed by atoms with Crippen LogP contribution in [0.25, 0.3) is 0 Å². The molecule has 3 N–H and O–H groups in total. The van der Waals surface area contributed by atoms with E-state index in [0.717, 1.165) is 6.20 Å². The Balaban J connectivity index is 2.34. The van der Waals surface area contributed by atoms with Gasteiger partial charge in [-0.3, -0.25) is 9.78 Å². The topological polar surface area (TPSA) is 125 Å². The number of amides is 1. The molecule has 2 aromatic rings. The van der Waals surface area contributed by atoms with Gasteiger partial charge in [0.25, 0.3) is 0 Å². The lowest BCUT2D eigenvalue weighted by atomic mass is 10.2. The van der Waals surface area contributed by atoms with Gasteiger partial charge in [0.15, 0.2) is 5.69 Å². The van der Waals surface area contributed by atoms with Crippen molar-refractivity contribution in [2.45, 2.75) is 0 Å². The zero-order chi connectivity index (χ0) is 15.4. The van der Waals surface area contributed by atoms with Gasteiger partial charge in [0.2, 0.25) is 11.8 Å². The van der Waals surface area contributed by atoms with Crippen LogP contribution < -0.4 is 15.2 Å². The molecular formula is C13H11N3O5. The summed E-state index contributed by atoms with van der Waals surface area (Å²) in [5.41, 5.74) is 5.14. The highest BCUT2D eigenvalue weighted by atomic mass is 16.5. The molecule has 1 heterocycles. The van der Waals surface area contributed by atoms with E-state index in [2.05, 4.69) is 9.97 Å². The number of carbonyl (C=O) groups excluding carboxylic acids is 1. The molecule has 0 saturated heterocycles. The lowest BCUT2D eigenvalue weighted by Gasteiger charge is -2.08. The van der Waals surface area contributed by atoms with Crippen LogP contribution in [-0.4, -0.2) is 34.1 Å². The quantitative estimate of drug-likeness (QED) is 0.843. The van der Waals surface area contributed by atoms with E-state index in [1.54, 1.807) is 0 Å². The number of carbonyl (C=O) groups is 2. The molecule has 108 valence electrons. The molecule has 8 heteroatoms. The minimum absolute atomic E-state index is 0.0291. The number of primary amides is 1. The zero-order valence-corrected chi connectivity index (χ0v) is 10.9. The summed E-state index contributed by atoms with van der Waals surface area (Å²) in [4.78, 5) is 29.5. The van der Waals surface area contributed by atoms with Crippen LogP contribution in [-0.2, 0) is 0 Å². The lowest BCUT2D eigenvalue weighted by Crippen LogP contribution is -2.11. The number of nitrogens with two attached hydrogens (primary N) is 1. The number of rotatable bonds is 5. The van der Waals surface area contributed by atoms with Gasteiger partial charge in [-0.05, 0) is 12.1 Å². The monoisotopic (exact) mass is 289 g/mol. The van der Waals surface area contributed by atoms with Gasteiger partial charge < -0.3 is 20.3 Å². The predicted octanol–water partition coefficient (Wildman–Crippen LogP) is 1.07. The highest BCUT2D eigenvalue weighted by Crippen LogP contribution is 2.26. The third-order valence-corrected chi connectivity index (χ3v) is 2.45. The Hall–Kier alpha value is -3.16. The van der Waals surface area contributed by atoms with Gasteiger partial charge in [0.1, 0.15) is 11.5 Å². The Morgan fingerprint density at radius 1 is 1.19 bits per heavy atom.